The SMILES string of the molecule is CCCCCCCC/C=C\CCCCCCCC(=O)OCCCCCCCCCCCCCCCCCCCCCCCCCC(=O)NC(CO)C(O)CCCCCCCCCCCCCCCCCCCC. The van der Waals surface area contributed by atoms with Gasteiger partial charge < -0.3 is 20.3 Å². The minimum atomic E-state index is -0.664. The Balaban J connectivity index is 3.37. The standard InChI is InChI=1S/C67H131NO5/c1-3-5-7-9-11-13-15-17-19-20-28-32-35-39-43-47-51-55-59-65(70)64(63-69)68-66(71)60-56-52-48-44-40-36-33-29-26-24-22-21-23-25-27-30-34-38-42-46-50-54-58-62-73-67(72)61-57-53-49-45-41-37-31-18-16-14-12-10-8-6-4-2/h18,31,64-65,69-70H,3-17,19-30,32-63H2,1-2H3,(H,68,71)/b31-18-. The Hall–Kier alpha value is -1.40. The van der Waals surface area contributed by atoms with Gasteiger partial charge in [0.05, 0.1) is 25.4 Å². The summed E-state index contributed by atoms with van der Waals surface area (Å²) in [5.41, 5.74) is 0. The van der Waals surface area contributed by atoms with E-state index in [9.17, 15) is 19.8 Å². The summed E-state index contributed by atoms with van der Waals surface area (Å²) < 4.78 is 5.49. The van der Waals surface area contributed by atoms with Crippen LogP contribution in [0.3, 0.4) is 0 Å². The van der Waals surface area contributed by atoms with Crippen molar-refractivity contribution in [2.75, 3.05) is 13.2 Å². The average molecular weight is 1030 g/mol. The molecule has 6 heteroatoms. The van der Waals surface area contributed by atoms with Crippen molar-refractivity contribution < 1.29 is 24.5 Å². The van der Waals surface area contributed by atoms with Crippen LogP contribution in [0.2, 0.25) is 0 Å². The van der Waals surface area contributed by atoms with Crippen LogP contribution in [-0.2, 0) is 14.3 Å². The van der Waals surface area contributed by atoms with Crippen LogP contribution in [0.25, 0.3) is 0 Å². The molecule has 6 nitrogen and oxygen atoms in total. The average Bonchev–Trinajstić information content (AvgIpc) is 3.39. The highest BCUT2D eigenvalue weighted by Crippen LogP contribution is 2.19. The highest BCUT2D eigenvalue weighted by molar-refractivity contribution is 5.76. The summed E-state index contributed by atoms with van der Waals surface area (Å²) in [5, 5.41) is 23.4. The topological polar surface area (TPSA) is 95.9 Å². The van der Waals surface area contributed by atoms with Crippen molar-refractivity contribution in [3.63, 3.8) is 0 Å². The van der Waals surface area contributed by atoms with Crippen LogP contribution in [0, 0.1) is 0 Å². The predicted octanol–water partition coefficient (Wildman–Crippen LogP) is 21.2. The van der Waals surface area contributed by atoms with E-state index < -0.39 is 12.1 Å². The highest BCUT2D eigenvalue weighted by atomic mass is 16.5. The zero-order chi connectivity index (χ0) is 52.9. The van der Waals surface area contributed by atoms with Gasteiger partial charge in [-0.05, 0) is 51.4 Å². The number of carbonyl (C=O) groups is 2. The number of unbranched alkanes of at least 4 members (excludes halogenated alkanes) is 50. The number of rotatable bonds is 63. The van der Waals surface area contributed by atoms with Crippen molar-refractivity contribution in [2.24, 2.45) is 0 Å². The first-order valence-electron chi connectivity index (χ1n) is 33.4. The van der Waals surface area contributed by atoms with Crippen molar-refractivity contribution >= 4 is 11.9 Å². The summed E-state index contributed by atoms with van der Waals surface area (Å²) in [6.45, 7) is 4.98. The van der Waals surface area contributed by atoms with E-state index in [2.05, 4.69) is 31.3 Å². The zero-order valence-electron chi connectivity index (χ0n) is 49.6. The zero-order valence-corrected chi connectivity index (χ0v) is 49.6. The number of esters is 1. The maximum atomic E-state index is 12.5. The Morgan fingerprint density at radius 2 is 0.644 bits per heavy atom. The molecule has 0 spiro atoms. The van der Waals surface area contributed by atoms with Gasteiger partial charge in [0.1, 0.15) is 0 Å². The van der Waals surface area contributed by atoms with Crippen LogP contribution in [-0.4, -0.2) is 47.4 Å². The quantitative estimate of drug-likeness (QED) is 0.0320. The molecule has 0 rings (SSSR count). The Morgan fingerprint density at radius 1 is 0.370 bits per heavy atom. The van der Waals surface area contributed by atoms with Gasteiger partial charge in [-0.2, -0.15) is 0 Å². The molecule has 0 aromatic heterocycles. The fourth-order valence-electron chi connectivity index (χ4n) is 10.7. The first-order chi connectivity index (χ1) is 36.0. The summed E-state index contributed by atoms with van der Waals surface area (Å²) in [4.78, 5) is 24.6. The Morgan fingerprint density at radius 3 is 0.973 bits per heavy atom. The summed E-state index contributed by atoms with van der Waals surface area (Å²) in [5.74, 6) is -0.0231. The van der Waals surface area contributed by atoms with E-state index >= 15 is 0 Å². The molecule has 2 unspecified atom stereocenters. The van der Waals surface area contributed by atoms with Gasteiger partial charge in [0.25, 0.3) is 0 Å². The molecule has 0 heterocycles. The molecule has 0 saturated heterocycles. The summed E-state index contributed by atoms with van der Waals surface area (Å²) >= 11 is 0. The Kier molecular flexibility index (Phi) is 61.9. The number of nitrogens with one attached hydrogen (secondary N) is 1. The van der Waals surface area contributed by atoms with Crippen molar-refractivity contribution in [1.82, 2.24) is 5.32 Å². The third kappa shape index (κ3) is 59.7. The fraction of sp³-hybridized carbons (Fsp3) is 0.940. The van der Waals surface area contributed by atoms with E-state index in [4.69, 9.17) is 4.74 Å². The number of aliphatic hydroxyl groups excluding tert-OH is 2. The smallest absolute Gasteiger partial charge is 0.305 e. The molecule has 0 aromatic rings. The van der Waals surface area contributed by atoms with Gasteiger partial charge in [0.2, 0.25) is 5.91 Å². The molecular formula is C67H131NO5. The first-order valence-corrected chi connectivity index (χ1v) is 33.4. The normalized spacial score (nSPS) is 12.5. The Bertz CT molecular complexity index is 1100. The number of carbonyl (C=O) groups excluding carboxylic acids is 2. The van der Waals surface area contributed by atoms with Crippen LogP contribution < -0.4 is 5.32 Å². The molecule has 0 radical (unpaired) electrons. The summed E-state index contributed by atoms with van der Waals surface area (Å²) in [7, 11) is 0. The fourth-order valence-corrected chi connectivity index (χ4v) is 10.7. The van der Waals surface area contributed by atoms with E-state index in [1.54, 1.807) is 0 Å². The molecule has 3 N–H and O–H groups in total. The van der Waals surface area contributed by atoms with Gasteiger partial charge in [-0.3, -0.25) is 9.59 Å². The molecule has 0 aliphatic rings. The maximum absolute atomic E-state index is 12.5. The van der Waals surface area contributed by atoms with E-state index in [1.807, 2.05) is 0 Å². The van der Waals surface area contributed by atoms with Crippen molar-refractivity contribution in [3.8, 4) is 0 Å². The van der Waals surface area contributed by atoms with Gasteiger partial charge in [-0.1, -0.05) is 328 Å². The molecule has 1 amide bonds. The molecule has 0 aliphatic carbocycles. The minimum absolute atomic E-state index is 0.00749. The molecule has 0 aliphatic heterocycles. The molecule has 73 heavy (non-hydrogen) atoms. The lowest BCUT2D eigenvalue weighted by Gasteiger charge is -2.22. The maximum Gasteiger partial charge on any atom is 0.305 e. The van der Waals surface area contributed by atoms with Crippen LogP contribution in [0.4, 0.5) is 0 Å². The predicted molar refractivity (Wildman–Crippen MR) is 320 cm³/mol. The number of ether oxygens (including phenoxy) is 1. The molecular weight excluding hydrogens is 899 g/mol. The molecule has 434 valence electrons. The largest absolute Gasteiger partial charge is 0.466 e. The van der Waals surface area contributed by atoms with Crippen molar-refractivity contribution in [2.45, 2.75) is 392 Å². The molecule has 0 saturated carbocycles. The lowest BCUT2D eigenvalue weighted by Crippen LogP contribution is -2.45. The number of aliphatic hydroxyl groups is 2. The summed E-state index contributed by atoms with van der Waals surface area (Å²) in [6, 6.07) is -0.541. The van der Waals surface area contributed by atoms with Crippen molar-refractivity contribution in [3.05, 3.63) is 12.2 Å². The van der Waals surface area contributed by atoms with Crippen LogP contribution in [0.15, 0.2) is 12.2 Å². The third-order valence-electron chi connectivity index (χ3n) is 15.8. The van der Waals surface area contributed by atoms with Gasteiger partial charge >= 0.3 is 5.97 Å². The second kappa shape index (κ2) is 63.1. The second-order valence-corrected chi connectivity index (χ2v) is 23.2. The number of hydrogen-bond acceptors (Lipinski definition) is 5. The van der Waals surface area contributed by atoms with Crippen LogP contribution >= 0.6 is 0 Å². The van der Waals surface area contributed by atoms with E-state index in [-0.39, 0.29) is 18.5 Å². The number of allylic oxidation sites excluding steroid dienone is 2. The van der Waals surface area contributed by atoms with Crippen molar-refractivity contribution in [1.29, 1.82) is 0 Å². The van der Waals surface area contributed by atoms with Gasteiger partial charge in [-0.15, -0.1) is 0 Å². The van der Waals surface area contributed by atoms with Gasteiger partial charge in [0, 0.05) is 12.8 Å². The van der Waals surface area contributed by atoms with Crippen LogP contribution in [0.1, 0.15) is 380 Å². The molecule has 2 atom stereocenters. The lowest BCUT2D eigenvalue weighted by atomic mass is 10.0. The van der Waals surface area contributed by atoms with Gasteiger partial charge in [-0.25, -0.2) is 0 Å². The second-order valence-electron chi connectivity index (χ2n) is 23.2. The molecule has 0 fully saturated rings. The van der Waals surface area contributed by atoms with E-state index in [1.165, 1.54) is 302 Å². The molecule has 0 bridgehead atoms. The Labute approximate surface area is 457 Å². The molecule has 0 aromatic carbocycles. The van der Waals surface area contributed by atoms with Gasteiger partial charge in [0.15, 0.2) is 0 Å². The first kappa shape index (κ1) is 71.6. The number of amides is 1. The van der Waals surface area contributed by atoms with E-state index in [0.717, 1.165) is 44.9 Å². The summed E-state index contributed by atoms with van der Waals surface area (Å²) in [6.07, 6.45) is 76.6. The van der Waals surface area contributed by atoms with E-state index in [0.29, 0.717) is 25.9 Å². The number of hydrogen-bond donors (Lipinski definition) is 3. The third-order valence-corrected chi connectivity index (χ3v) is 15.8. The minimum Gasteiger partial charge on any atom is -0.466 e. The monoisotopic (exact) mass is 1030 g/mol. The lowest BCUT2D eigenvalue weighted by molar-refractivity contribution is -0.143. The highest BCUT2D eigenvalue weighted by Gasteiger charge is 2.20. The van der Waals surface area contributed by atoms with Crippen LogP contribution in [0.5, 0.6) is 0 Å².